The lowest BCUT2D eigenvalue weighted by molar-refractivity contribution is -0.144. The van der Waals surface area contributed by atoms with E-state index in [1.165, 1.54) is 7.11 Å². The largest absolute Gasteiger partial charge is 0.508 e. The summed E-state index contributed by atoms with van der Waals surface area (Å²) in [5.41, 5.74) is 1.82. The predicted molar refractivity (Wildman–Crippen MR) is 71.7 cm³/mol. The summed E-state index contributed by atoms with van der Waals surface area (Å²) in [4.78, 5) is 11.4. The highest BCUT2D eigenvalue weighted by atomic mass is 16.5. The van der Waals surface area contributed by atoms with Crippen LogP contribution in [0.15, 0.2) is 18.2 Å². The monoisotopic (exact) mass is 250 g/mol. The maximum absolute atomic E-state index is 11.4. The molecule has 0 aromatic heterocycles. The highest BCUT2D eigenvalue weighted by Gasteiger charge is 2.20. The van der Waals surface area contributed by atoms with Crippen molar-refractivity contribution in [1.29, 1.82) is 0 Å². The third kappa shape index (κ3) is 3.49. The summed E-state index contributed by atoms with van der Waals surface area (Å²) in [7, 11) is 1.40. The summed E-state index contributed by atoms with van der Waals surface area (Å²) in [5.74, 6) is -0.0790. The van der Waals surface area contributed by atoms with E-state index in [0.717, 1.165) is 11.1 Å². The van der Waals surface area contributed by atoms with Crippen molar-refractivity contribution in [3.05, 3.63) is 29.3 Å². The molecule has 0 radical (unpaired) electrons. The number of rotatable bonds is 3. The van der Waals surface area contributed by atoms with E-state index in [1.54, 1.807) is 6.07 Å². The van der Waals surface area contributed by atoms with Crippen molar-refractivity contribution in [2.75, 3.05) is 7.11 Å². The number of carbonyl (C=O) groups is 1. The van der Waals surface area contributed by atoms with Crippen molar-refractivity contribution < 1.29 is 14.6 Å². The van der Waals surface area contributed by atoms with E-state index in [0.29, 0.717) is 12.2 Å². The smallest absolute Gasteiger partial charge is 0.308 e. The lowest BCUT2D eigenvalue weighted by atomic mass is 9.84. The zero-order valence-electron chi connectivity index (χ0n) is 11.8. The molecule has 18 heavy (non-hydrogen) atoms. The van der Waals surface area contributed by atoms with Crippen molar-refractivity contribution in [2.24, 2.45) is 5.92 Å². The normalized spacial score (nSPS) is 13.2. The van der Waals surface area contributed by atoms with E-state index >= 15 is 0 Å². The molecule has 1 rings (SSSR count). The average Bonchev–Trinajstić information content (AvgIpc) is 2.29. The zero-order valence-corrected chi connectivity index (χ0v) is 11.8. The molecule has 0 spiro atoms. The molecular formula is C15H22O3. The number of hydrogen-bond donors (Lipinski definition) is 1. The molecule has 1 atom stereocenters. The van der Waals surface area contributed by atoms with Crippen molar-refractivity contribution in [3.8, 4) is 5.75 Å². The first-order valence-electron chi connectivity index (χ1n) is 6.16. The molecule has 0 aliphatic rings. The number of carbonyl (C=O) groups excluding carboxylic acids is 1. The van der Waals surface area contributed by atoms with Gasteiger partial charge in [-0.05, 0) is 29.0 Å². The predicted octanol–water partition coefficient (Wildman–Crippen LogP) is 3.04. The number of hydrogen-bond acceptors (Lipinski definition) is 3. The number of benzene rings is 1. The molecular weight excluding hydrogens is 228 g/mol. The Labute approximate surface area is 109 Å². The summed E-state index contributed by atoms with van der Waals surface area (Å²) in [6.07, 6.45) is 0.621. The van der Waals surface area contributed by atoms with Crippen molar-refractivity contribution >= 4 is 5.97 Å². The number of aromatic hydroxyl groups is 1. The summed E-state index contributed by atoms with van der Waals surface area (Å²) in [6, 6.07) is 5.51. The van der Waals surface area contributed by atoms with Crippen LogP contribution >= 0.6 is 0 Å². The molecule has 0 aliphatic heterocycles. The van der Waals surface area contributed by atoms with Crippen LogP contribution in [0, 0.1) is 5.92 Å². The lowest BCUT2D eigenvalue weighted by Gasteiger charge is -2.21. The van der Waals surface area contributed by atoms with Crippen LogP contribution in [0.5, 0.6) is 5.75 Å². The maximum Gasteiger partial charge on any atom is 0.308 e. The first kappa shape index (κ1) is 14.6. The quantitative estimate of drug-likeness (QED) is 0.839. The summed E-state index contributed by atoms with van der Waals surface area (Å²) in [5, 5.41) is 9.87. The molecule has 0 heterocycles. The molecule has 3 nitrogen and oxygen atoms in total. The third-order valence-corrected chi connectivity index (χ3v) is 3.01. The second-order valence-corrected chi connectivity index (χ2v) is 5.73. The van der Waals surface area contributed by atoms with Crippen LogP contribution in [0.3, 0.4) is 0 Å². The lowest BCUT2D eigenvalue weighted by Crippen LogP contribution is -2.16. The summed E-state index contributed by atoms with van der Waals surface area (Å²) < 4.78 is 4.72. The van der Waals surface area contributed by atoms with Gasteiger partial charge in [0.15, 0.2) is 0 Å². The van der Waals surface area contributed by atoms with Gasteiger partial charge in [0.25, 0.3) is 0 Å². The van der Waals surface area contributed by atoms with Crippen LogP contribution in [-0.4, -0.2) is 18.2 Å². The standard InChI is InChI=1S/C15H22O3/c1-10(14(17)18-5)8-11-6-7-13(16)12(9-11)15(2,3)4/h6-7,9-10,16H,8H2,1-5H3. The Kier molecular flexibility index (Phi) is 4.38. The molecule has 0 fully saturated rings. The van der Waals surface area contributed by atoms with E-state index in [1.807, 2.05) is 19.1 Å². The van der Waals surface area contributed by atoms with Gasteiger partial charge in [-0.1, -0.05) is 39.8 Å². The van der Waals surface area contributed by atoms with Gasteiger partial charge in [-0.3, -0.25) is 4.79 Å². The van der Waals surface area contributed by atoms with E-state index in [2.05, 4.69) is 20.8 Å². The molecule has 0 aliphatic carbocycles. The van der Waals surface area contributed by atoms with E-state index in [-0.39, 0.29) is 17.3 Å². The minimum absolute atomic E-state index is 0.116. The molecule has 100 valence electrons. The van der Waals surface area contributed by atoms with Gasteiger partial charge in [0.05, 0.1) is 13.0 Å². The Bertz CT molecular complexity index is 430. The topological polar surface area (TPSA) is 46.5 Å². The second kappa shape index (κ2) is 5.42. The second-order valence-electron chi connectivity index (χ2n) is 5.73. The molecule has 0 amide bonds. The number of esters is 1. The number of phenolic OH excluding ortho intramolecular Hbond substituents is 1. The third-order valence-electron chi connectivity index (χ3n) is 3.01. The molecule has 0 saturated carbocycles. The first-order chi connectivity index (χ1) is 8.25. The number of ether oxygens (including phenoxy) is 1. The van der Waals surface area contributed by atoms with Crippen molar-refractivity contribution in [2.45, 2.75) is 39.5 Å². The van der Waals surface area contributed by atoms with Crippen LogP contribution < -0.4 is 0 Å². The SMILES string of the molecule is COC(=O)C(C)Cc1ccc(O)c(C(C)(C)C)c1. The molecule has 3 heteroatoms. The molecule has 1 N–H and O–H groups in total. The number of phenols is 1. The van der Waals surface area contributed by atoms with Gasteiger partial charge >= 0.3 is 5.97 Å². The Morgan fingerprint density at radius 1 is 1.39 bits per heavy atom. The zero-order chi connectivity index (χ0) is 13.9. The van der Waals surface area contributed by atoms with E-state index in [4.69, 9.17) is 4.74 Å². The Hall–Kier alpha value is -1.51. The number of methoxy groups -OCH3 is 1. The Balaban J connectivity index is 2.96. The molecule has 0 bridgehead atoms. The van der Waals surface area contributed by atoms with Crippen LogP contribution in [-0.2, 0) is 21.4 Å². The van der Waals surface area contributed by atoms with Gasteiger partial charge in [0.2, 0.25) is 0 Å². The molecule has 1 unspecified atom stereocenters. The van der Waals surface area contributed by atoms with Gasteiger partial charge in [0, 0.05) is 0 Å². The van der Waals surface area contributed by atoms with E-state index in [9.17, 15) is 9.90 Å². The Morgan fingerprint density at radius 3 is 2.50 bits per heavy atom. The molecule has 1 aromatic carbocycles. The molecule has 0 saturated heterocycles. The highest BCUT2D eigenvalue weighted by molar-refractivity contribution is 5.72. The molecule has 1 aromatic rings. The highest BCUT2D eigenvalue weighted by Crippen LogP contribution is 2.31. The minimum Gasteiger partial charge on any atom is -0.508 e. The van der Waals surface area contributed by atoms with Crippen LogP contribution in [0.1, 0.15) is 38.8 Å². The summed E-state index contributed by atoms with van der Waals surface area (Å²) >= 11 is 0. The van der Waals surface area contributed by atoms with Gasteiger partial charge in [-0.25, -0.2) is 0 Å². The van der Waals surface area contributed by atoms with Gasteiger partial charge in [0.1, 0.15) is 5.75 Å². The average molecular weight is 250 g/mol. The van der Waals surface area contributed by atoms with E-state index < -0.39 is 0 Å². The van der Waals surface area contributed by atoms with Gasteiger partial charge in [-0.15, -0.1) is 0 Å². The minimum atomic E-state index is -0.208. The van der Waals surface area contributed by atoms with Gasteiger partial charge in [-0.2, -0.15) is 0 Å². The maximum atomic E-state index is 11.4. The van der Waals surface area contributed by atoms with Crippen LogP contribution in [0.25, 0.3) is 0 Å². The fourth-order valence-corrected chi connectivity index (χ4v) is 1.95. The van der Waals surface area contributed by atoms with Crippen LogP contribution in [0.4, 0.5) is 0 Å². The summed E-state index contributed by atoms with van der Waals surface area (Å²) in [6.45, 7) is 8.00. The fraction of sp³-hybridized carbons (Fsp3) is 0.533. The van der Waals surface area contributed by atoms with Gasteiger partial charge < -0.3 is 9.84 Å². The first-order valence-corrected chi connectivity index (χ1v) is 6.16. The fourth-order valence-electron chi connectivity index (χ4n) is 1.95. The van der Waals surface area contributed by atoms with Crippen molar-refractivity contribution in [1.82, 2.24) is 0 Å². The van der Waals surface area contributed by atoms with Crippen LogP contribution in [0.2, 0.25) is 0 Å². The van der Waals surface area contributed by atoms with Crippen molar-refractivity contribution in [3.63, 3.8) is 0 Å². The Morgan fingerprint density at radius 2 is 2.00 bits per heavy atom.